The number of rotatable bonds is 8. The van der Waals surface area contributed by atoms with Gasteiger partial charge in [0.05, 0.1) is 0 Å². The molecule has 17 heavy (non-hydrogen) atoms. The van der Waals surface area contributed by atoms with Crippen molar-refractivity contribution in [2.45, 2.75) is 64.8 Å². The summed E-state index contributed by atoms with van der Waals surface area (Å²) in [6.07, 6.45) is 12.1. The van der Waals surface area contributed by atoms with Gasteiger partial charge in [0.1, 0.15) is 0 Å². The summed E-state index contributed by atoms with van der Waals surface area (Å²) in [6, 6.07) is 0.787. The smallest absolute Gasteiger partial charge is 0.0118 e. The van der Waals surface area contributed by atoms with Crippen LogP contribution in [0.2, 0.25) is 0 Å². The summed E-state index contributed by atoms with van der Waals surface area (Å²) in [7, 11) is 0. The molecule has 0 aliphatic heterocycles. The molecular formula is C15H31NS. The molecule has 0 radical (unpaired) electrons. The molecule has 0 amide bonds. The second kappa shape index (κ2) is 9.27. The summed E-state index contributed by atoms with van der Waals surface area (Å²) in [5.41, 5.74) is 0. The van der Waals surface area contributed by atoms with E-state index in [-0.39, 0.29) is 0 Å². The van der Waals surface area contributed by atoms with Crippen LogP contribution in [0.3, 0.4) is 0 Å². The maximum Gasteiger partial charge on any atom is 0.0118 e. The highest BCUT2D eigenvalue weighted by Crippen LogP contribution is 2.28. The first-order chi connectivity index (χ1) is 8.25. The van der Waals surface area contributed by atoms with E-state index in [0.717, 1.165) is 17.9 Å². The molecule has 0 aromatic heterocycles. The van der Waals surface area contributed by atoms with Crippen molar-refractivity contribution >= 4 is 11.8 Å². The Bertz CT molecular complexity index is 174. The van der Waals surface area contributed by atoms with Gasteiger partial charge in [-0.25, -0.2) is 0 Å². The lowest BCUT2D eigenvalue weighted by Crippen LogP contribution is -2.43. The van der Waals surface area contributed by atoms with Crippen molar-refractivity contribution in [3.8, 4) is 0 Å². The van der Waals surface area contributed by atoms with Crippen LogP contribution in [0.4, 0.5) is 0 Å². The Morgan fingerprint density at radius 1 is 1.00 bits per heavy atom. The summed E-state index contributed by atoms with van der Waals surface area (Å²) in [4.78, 5) is 0. The number of nitrogens with one attached hydrogen (secondary N) is 1. The summed E-state index contributed by atoms with van der Waals surface area (Å²) in [6.45, 7) is 6.08. The molecule has 0 bridgehead atoms. The molecule has 1 fully saturated rings. The normalized spacial score (nSPS) is 29.5. The SMILES string of the molecule is CSCCCCCCNC1C(C)CCCC1C. The quantitative estimate of drug-likeness (QED) is 0.650. The van der Waals surface area contributed by atoms with Gasteiger partial charge in [0.15, 0.2) is 0 Å². The maximum atomic E-state index is 3.81. The van der Waals surface area contributed by atoms with Crippen molar-refractivity contribution in [1.29, 1.82) is 0 Å². The number of unbranched alkanes of at least 4 members (excludes halogenated alkanes) is 3. The fraction of sp³-hybridized carbons (Fsp3) is 1.00. The third-order valence-electron chi connectivity index (χ3n) is 4.20. The van der Waals surface area contributed by atoms with Gasteiger partial charge in [-0.1, -0.05) is 33.1 Å². The van der Waals surface area contributed by atoms with E-state index in [0.29, 0.717) is 0 Å². The van der Waals surface area contributed by atoms with Gasteiger partial charge in [0, 0.05) is 6.04 Å². The first-order valence-electron chi connectivity index (χ1n) is 7.48. The van der Waals surface area contributed by atoms with Crippen LogP contribution in [0.15, 0.2) is 0 Å². The minimum atomic E-state index is 0.787. The zero-order chi connectivity index (χ0) is 12.5. The zero-order valence-corrected chi connectivity index (χ0v) is 12.8. The van der Waals surface area contributed by atoms with Gasteiger partial charge < -0.3 is 5.32 Å². The Kier molecular flexibility index (Phi) is 8.38. The van der Waals surface area contributed by atoms with Crippen LogP contribution in [0.25, 0.3) is 0 Å². The van der Waals surface area contributed by atoms with Crippen LogP contribution < -0.4 is 5.32 Å². The number of hydrogen-bond acceptors (Lipinski definition) is 2. The lowest BCUT2D eigenvalue weighted by Gasteiger charge is -2.35. The molecule has 2 unspecified atom stereocenters. The van der Waals surface area contributed by atoms with E-state index in [1.807, 2.05) is 11.8 Å². The Hall–Kier alpha value is 0.310. The predicted molar refractivity (Wildman–Crippen MR) is 80.8 cm³/mol. The van der Waals surface area contributed by atoms with E-state index >= 15 is 0 Å². The molecule has 1 aliphatic carbocycles. The minimum Gasteiger partial charge on any atom is -0.313 e. The second-order valence-corrected chi connectivity index (χ2v) is 6.76. The predicted octanol–water partition coefficient (Wildman–Crippen LogP) is 4.32. The molecule has 0 spiro atoms. The molecule has 102 valence electrons. The average Bonchev–Trinajstić information content (AvgIpc) is 2.31. The molecular weight excluding hydrogens is 226 g/mol. The molecule has 0 aromatic rings. The molecule has 1 rings (SSSR count). The highest BCUT2D eigenvalue weighted by Gasteiger charge is 2.26. The highest BCUT2D eigenvalue weighted by molar-refractivity contribution is 7.98. The summed E-state index contributed by atoms with van der Waals surface area (Å²) in [5.74, 6) is 3.11. The molecule has 1 N–H and O–H groups in total. The molecule has 0 aromatic carbocycles. The lowest BCUT2D eigenvalue weighted by atomic mass is 9.79. The van der Waals surface area contributed by atoms with Crippen molar-refractivity contribution in [2.24, 2.45) is 11.8 Å². The van der Waals surface area contributed by atoms with Gasteiger partial charge in [0.2, 0.25) is 0 Å². The molecule has 1 aliphatic rings. The highest BCUT2D eigenvalue weighted by atomic mass is 32.2. The van der Waals surface area contributed by atoms with Gasteiger partial charge in [0.25, 0.3) is 0 Å². The van der Waals surface area contributed by atoms with Gasteiger partial charge in [-0.15, -0.1) is 0 Å². The largest absolute Gasteiger partial charge is 0.313 e. The second-order valence-electron chi connectivity index (χ2n) is 5.77. The van der Waals surface area contributed by atoms with Crippen LogP contribution >= 0.6 is 11.8 Å². The van der Waals surface area contributed by atoms with Gasteiger partial charge in [-0.05, 0) is 56.1 Å². The van der Waals surface area contributed by atoms with Crippen LogP contribution in [-0.2, 0) is 0 Å². The Morgan fingerprint density at radius 2 is 1.65 bits per heavy atom. The molecule has 1 nitrogen and oxygen atoms in total. The first-order valence-corrected chi connectivity index (χ1v) is 8.87. The van der Waals surface area contributed by atoms with Crippen molar-refractivity contribution in [2.75, 3.05) is 18.6 Å². The van der Waals surface area contributed by atoms with Crippen molar-refractivity contribution in [3.05, 3.63) is 0 Å². The van der Waals surface area contributed by atoms with Crippen LogP contribution in [0.5, 0.6) is 0 Å². The Morgan fingerprint density at radius 3 is 2.29 bits per heavy atom. The van der Waals surface area contributed by atoms with Crippen molar-refractivity contribution < 1.29 is 0 Å². The van der Waals surface area contributed by atoms with E-state index in [9.17, 15) is 0 Å². The number of thioether (sulfide) groups is 1. The first kappa shape index (κ1) is 15.4. The third kappa shape index (κ3) is 6.15. The molecule has 0 heterocycles. The van der Waals surface area contributed by atoms with E-state index in [4.69, 9.17) is 0 Å². The fourth-order valence-corrected chi connectivity index (χ4v) is 3.57. The summed E-state index contributed by atoms with van der Waals surface area (Å²) in [5, 5.41) is 3.81. The molecule has 2 heteroatoms. The van der Waals surface area contributed by atoms with Crippen LogP contribution in [-0.4, -0.2) is 24.6 Å². The van der Waals surface area contributed by atoms with Crippen LogP contribution in [0, 0.1) is 11.8 Å². The monoisotopic (exact) mass is 257 g/mol. The summed E-state index contributed by atoms with van der Waals surface area (Å²) < 4.78 is 0. The summed E-state index contributed by atoms with van der Waals surface area (Å²) >= 11 is 1.97. The van der Waals surface area contributed by atoms with Crippen molar-refractivity contribution in [1.82, 2.24) is 5.32 Å². The van der Waals surface area contributed by atoms with Crippen molar-refractivity contribution in [3.63, 3.8) is 0 Å². The lowest BCUT2D eigenvalue weighted by molar-refractivity contribution is 0.208. The third-order valence-corrected chi connectivity index (χ3v) is 4.90. The minimum absolute atomic E-state index is 0.787. The van der Waals surface area contributed by atoms with E-state index in [1.54, 1.807) is 0 Å². The Labute approximate surface area is 113 Å². The average molecular weight is 257 g/mol. The van der Waals surface area contributed by atoms with E-state index < -0.39 is 0 Å². The van der Waals surface area contributed by atoms with Gasteiger partial charge in [-0.3, -0.25) is 0 Å². The Balaban J connectivity index is 2.01. The molecule has 1 saturated carbocycles. The zero-order valence-electron chi connectivity index (χ0n) is 12.0. The van der Waals surface area contributed by atoms with E-state index in [1.165, 1.54) is 57.2 Å². The fourth-order valence-electron chi connectivity index (χ4n) is 3.08. The topological polar surface area (TPSA) is 12.0 Å². The van der Waals surface area contributed by atoms with Gasteiger partial charge in [-0.2, -0.15) is 11.8 Å². The van der Waals surface area contributed by atoms with Gasteiger partial charge >= 0.3 is 0 Å². The number of hydrogen-bond donors (Lipinski definition) is 1. The molecule has 0 saturated heterocycles. The molecule has 2 atom stereocenters. The van der Waals surface area contributed by atoms with Crippen LogP contribution in [0.1, 0.15) is 58.8 Å². The van der Waals surface area contributed by atoms with E-state index in [2.05, 4.69) is 25.4 Å². The standard InChI is InChI=1S/C15H31NS/c1-13-9-8-10-14(2)15(13)16-11-6-4-5-7-12-17-3/h13-16H,4-12H2,1-3H3. The maximum absolute atomic E-state index is 3.81.